The minimum absolute atomic E-state index is 0.0719. The Balaban J connectivity index is 1.64. The number of amides is 1. The third-order valence-electron chi connectivity index (χ3n) is 4.41. The van der Waals surface area contributed by atoms with Gasteiger partial charge in [0.25, 0.3) is 0 Å². The first-order valence-corrected chi connectivity index (χ1v) is 8.56. The predicted molar refractivity (Wildman–Crippen MR) is 93.4 cm³/mol. The Bertz CT molecular complexity index is 798. The second-order valence-corrected chi connectivity index (χ2v) is 7.52. The number of rotatable bonds is 2. The smallest absolute Gasteiger partial charge is 0.410 e. The molecule has 134 valence electrons. The molecule has 2 heterocycles. The summed E-state index contributed by atoms with van der Waals surface area (Å²) in [5.41, 5.74) is 1.79. The van der Waals surface area contributed by atoms with Gasteiger partial charge in [0.05, 0.1) is 5.52 Å². The van der Waals surface area contributed by atoms with Crippen molar-refractivity contribution in [2.24, 2.45) is 13.0 Å². The second-order valence-electron chi connectivity index (χ2n) is 7.52. The molecule has 1 saturated heterocycles. The van der Waals surface area contributed by atoms with Gasteiger partial charge in [0.2, 0.25) is 0 Å². The van der Waals surface area contributed by atoms with Gasteiger partial charge in [-0.25, -0.2) is 9.48 Å². The van der Waals surface area contributed by atoms with Crippen molar-refractivity contribution in [3.63, 3.8) is 0 Å². The minimum atomic E-state index is -0.504. The largest absolute Gasteiger partial charge is 0.444 e. The normalized spacial score (nSPS) is 16.2. The van der Waals surface area contributed by atoms with Crippen molar-refractivity contribution < 1.29 is 14.3 Å². The maximum Gasteiger partial charge on any atom is 0.410 e. The summed E-state index contributed by atoms with van der Waals surface area (Å²) in [7, 11) is 1.81. The van der Waals surface area contributed by atoms with Crippen LogP contribution in [0.1, 0.15) is 44.0 Å². The average Bonchev–Trinajstić information content (AvgIpc) is 2.93. The van der Waals surface area contributed by atoms with Gasteiger partial charge in [-0.15, -0.1) is 5.10 Å². The molecule has 25 heavy (non-hydrogen) atoms. The average molecular weight is 344 g/mol. The minimum Gasteiger partial charge on any atom is -0.444 e. The van der Waals surface area contributed by atoms with Crippen LogP contribution in [0.3, 0.4) is 0 Å². The summed E-state index contributed by atoms with van der Waals surface area (Å²) in [5, 5.41) is 8.00. The zero-order valence-electron chi connectivity index (χ0n) is 15.2. The summed E-state index contributed by atoms with van der Waals surface area (Å²) >= 11 is 0. The Morgan fingerprint density at radius 2 is 1.88 bits per heavy atom. The summed E-state index contributed by atoms with van der Waals surface area (Å²) in [6, 6.07) is 5.48. The zero-order valence-corrected chi connectivity index (χ0v) is 15.2. The number of carbonyl (C=O) groups excluding carboxylic acids is 2. The van der Waals surface area contributed by atoms with Gasteiger partial charge in [0.15, 0.2) is 5.78 Å². The molecular weight excluding hydrogens is 320 g/mol. The summed E-state index contributed by atoms with van der Waals surface area (Å²) in [5.74, 6) is 0.0456. The lowest BCUT2D eigenvalue weighted by molar-refractivity contribution is 0.0182. The fourth-order valence-corrected chi connectivity index (χ4v) is 3.07. The molecule has 3 rings (SSSR count). The van der Waals surface area contributed by atoms with Crippen LogP contribution in [0.25, 0.3) is 11.0 Å². The molecule has 7 nitrogen and oxygen atoms in total. The van der Waals surface area contributed by atoms with E-state index in [0.29, 0.717) is 31.5 Å². The molecule has 1 fully saturated rings. The van der Waals surface area contributed by atoms with Crippen LogP contribution in [0.4, 0.5) is 4.79 Å². The number of hydrogen-bond acceptors (Lipinski definition) is 5. The number of ether oxygens (including phenoxy) is 1. The molecule has 1 aromatic carbocycles. The molecule has 0 aliphatic carbocycles. The van der Waals surface area contributed by atoms with Crippen LogP contribution in [0, 0.1) is 5.92 Å². The topological polar surface area (TPSA) is 77.3 Å². The zero-order chi connectivity index (χ0) is 18.2. The molecule has 1 aliphatic heterocycles. The first-order valence-electron chi connectivity index (χ1n) is 8.56. The van der Waals surface area contributed by atoms with Crippen molar-refractivity contribution in [1.82, 2.24) is 19.9 Å². The lowest BCUT2D eigenvalue weighted by atomic mass is 9.89. The highest BCUT2D eigenvalue weighted by atomic mass is 16.6. The van der Waals surface area contributed by atoms with E-state index in [1.165, 1.54) is 0 Å². The predicted octanol–water partition coefficient (Wildman–Crippen LogP) is 2.80. The molecule has 0 unspecified atom stereocenters. The first-order chi connectivity index (χ1) is 11.7. The van der Waals surface area contributed by atoms with Crippen LogP contribution in [0.15, 0.2) is 18.2 Å². The van der Waals surface area contributed by atoms with E-state index in [-0.39, 0.29) is 17.8 Å². The molecule has 1 aromatic heterocycles. The van der Waals surface area contributed by atoms with Gasteiger partial charge >= 0.3 is 6.09 Å². The molecule has 1 aliphatic rings. The van der Waals surface area contributed by atoms with E-state index in [1.807, 2.05) is 40.0 Å². The number of fused-ring (bicyclic) bond motifs is 1. The lowest BCUT2D eigenvalue weighted by Gasteiger charge is -2.33. The Hall–Kier alpha value is -2.44. The van der Waals surface area contributed by atoms with Crippen molar-refractivity contribution >= 4 is 22.9 Å². The SMILES string of the molecule is Cn1nnc2ccc(C(=O)C3CCN(C(=O)OC(C)(C)C)CC3)cc21. The van der Waals surface area contributed by atoms with E-state index in [1.54, 1.807) is 15.6 Å². The number of nitrogens with zero attached hydrogens (tertiary/aromatic N) is 4. The Labute approximate surface area is 146 Å². The highest BCUT2D eigenvalue weighted by molar-refractivity contribution is 6.00. The number of aromatic nitrogens is 3. The number of carbonyl (C=O) groups is 2. The van der Waals surface area contributed by atoms with Crippen LogP contribution in [-0.2, 0) is 11.8 Å². The van der Waals surface area contributed by atoms with Crippen molar-refractivity contribution in [3.05, 3.63) is 23.8 Å². The fraction of sp³-hybridized carbons (Fsp3) is 0.556. The van der Waals surface area contributed by atoms with Crippen LogP contribution in [0.5, 0.6) is 0 Å². The molecule has 0 spiro atoms. The molecule has 0 bridgehead atoms. The number of aryl methyl sites for hydroxylation is 1. The highest BCUT2D eigenvalue weighted by Crippen LogP contribution is 2.24. The number of ketones is 1. The van der Waals surface area contributed by atoms with E-state index < -0.39 is 5.60 Å². The summed E-state index contributed by atoms with van der Waals surface area (Å²) in [6.07, 6.45) is 1.00. The number of Topliss-reactive ketones (excluding diaryl/α,β-unsaturated/α-hetero) is 1. The van der Waals surface area contributed by atoms with E-state index in [2.05, 4.69) is 10.3 Å². The van der Waals surface area contributed by atoms with Gasteiger partial charge in [0, 0.05) is 31.6 Å². The molecule has 2 aromatic rings. The highest BCUT2D eigenvalue weighted by Gasteiger charge is 2.30. The number of hydrogen-bond donors (Lipinski definition) is 0. The van der Waals surface area contributed by atoms with E-state index in [4.69, 9.17) is 4.74 Å². The molecular formula is C18H24N4O3. The Kier molecular flexibility index (Phi) is 4.49. The van der Waals surface area contributed by atoms with E-state index in [9.17, 15) is 9.59 Å². The fourth-order valence-electron chi connectivity index (χ4n) is 3.07. The molecule has 7 heteroatoms. The molecule has 1 amide bonds. The standard InChI is InChI=1S/C18H24N4O3/c1-18(2,3)25-17(24)22-9-7-12(8-10-22)16(23)13-5-6-14-15(11-13)21(4)20-19-14/h5-6,11-12H,7-10H2,1-4H3. The first kappa shape index (κ1) is 17.4. The van der Waals surface area contributed by atoms with Gasteiger partial charge in [-0.05, 0) is 51.8 Å². The maximum absolute atomic E-state index is 12.8. The number of piperidine rings is 1. The van der Waals surface area contributed by atoms with Crippen LogP contribution in [0.2, 0.25) is 0 Å². The van der Waals surface area contributed by atoms with Gasteiger partial charge in [-0.2, -0.15) is 0 Å². The van der Waals surface area contributed by atoms with Gasteiger partial charge < -0.3 is 9.64 Å². The van der Waals surface area contributed by atoms with Crippen molar-refractivity contribution in [2.45, 2.75) is 39.2 Å². The maximum atomic E-state index is 12.8. The van der Waals surface area contributed by atoms with E-state index >= 15 is 0 Å². The van der Waals surface area contributed by atoms with Gasteiger partial charge in [-0.3, -0.25) is 4.79 Å². The summed E-state index contributed by atoms with van der Waals surface area (Å²) in [6.45, 7) is 6.64. The molecule has 0 atom stereocenters. The van der Waals surface area contributed by atoms with Crippen LogP contribution >= 0.6 is 0 Å². The number of benzene rings is 1. The summed E-state index contributed by atoms with van der Waals surface area (Å²) in [4.78, 5) is 26.6. The molecule has 0 radical (unpaired) electrons. The van der Waals surface area contributed by atoms with Gasteiger partial charge in [-0.1, -0.05) is 5.21 Å². The van der Waals surface area contributed by atoms with Crippen LogP contribution in [-0.4, -0.2) is 50.5 Å². The quantitative estimate of drug-likeness (QED) is 0.783. The lowest BCUT2D eigenvalue weighted by Crippen LogP contribution is -2.43. The second kappa shape index (κ2) is 6.46. The third kappa shape index (κ3) is 3.81. The molecule has 0 saturated carbocycles. The monoisotopic (exact) mass is 344 g/mol. The van der Waals surface area contributed by atoms with Gasteiger partial charge in [0.1, 0.15) is 11.1 Å². The van der Waals surface area contributed by atoms with Crippen LogP contribution < -0.4 is 0 Å². The van der Waals surface area contributed by atoms with Crippen molar-refractivity contribution in [1.29, 1.82) is 0 Å². The Morgan fingerprint density at radius 1 is 1.20 bits per heavy atom. The summed E-state index contributed by atoms with van der Waals surface area (Å²) < 4.78 is 7.06. The van der Waals surface area contributed by atoms with Crippen molar-refractivity contribution in [3.8, 4) is 0 Å². The van der Waals surface area contributed by atoms with E-state index in [0.717, 1.165) is 11.0 Å². The third-order valence-corrected chi connectivity index (χ3v) is 4.41. The number of likely N-dealkylation sites (tertiary alicyclic amines) is 1. The Morgan fingerprint density at radius 3 is 2.52 bits per heavy atom. The van der Waals surface area contributed by atoms with Crippen molar-refractivity contribution in [2.75, 3.05) is 13.1 Å². The molecule has 0 N–H and O–H groups in total.